The zero-order chi connectivity index (χ0) is 17.9. The number of anilines is 1. The number of H-pyrrole nitrogens is 1. The lowest BCUT2D eigenvalue weighted by Gasteiger charge is -2.12. The maximum atomic E-state index is 4.80. The molecule has 0 saturated heterocycles. The van der Waals surface area contributed by atoms with Crippen LogP contribution in [-0.2, 0) is 0 Å². The van der Waals surface area contributed by atoms with Crippen LogP contribution in [0.1, 0.15) is 17.0 Å². The summed E-state index contributed by atoms with van der Waals surface area (Å²) in [6.45, 7) is 0. The van der Waals surface area contributed by atoms with Crippen molar-refractivity contribution in [1.29, 1.82) is 0 Å². The van der Waals surface area contributed by atoms with Gasteiger partial charge in [-0.25, -0.2) is 4.98 Å². The molecule has 0 spiro atoms. The topological polar surface area (TPSA) is 31.9 Å². The molecule has 3 nitrogen and oxygen atoms in total. The van der Waals surface area contributed by atoms with E-state index in [1.54, 1.807) is 0 Å². The Morgan fingerprint density at radius 3 is 2.23 bits per heavy atom. The highest BCUT2D eigenvalue weighted by molar-refractivity contribution is 5.91. The number of fused-ring (bicyclic) bond motifs is 1. The van der Waals surface area contributed by atoms with E-state index in [9.17, 15) is 0 Å². The summed E-state index contributed by atoms with van der Waals surface area (Å²) < 4.78 is 0. The number of nitrogens with one attached hydrogen (secondary N) is 1. The van der Waals surface area contributed by atoms with Crippen LogP contribution in [0.15, 0.2) is 78.9 Å². The quantitative estimate of drug-likeness (QED) is 0.517. The van der Waals surface area contributed by atoms with Crippen LogP contribution in [0, 0.1) is 0 Å². The van der Waals surface area contributed by atoms with Crippen molar-refractivity contribution in [2.45, 2.75) is 0 Å². The van der Waals surface area contributed by atoms with Gasteiger partial charge >= 0.3 is 0 Å². The van der Waals surface area contributed by atoms with Crippen molar-refractivity contribution >= 4 is 28.4 Å². The Morgan fingerprint density at radius 2 is 1.54 bits per heavy atom. The summed E-state index contributed by atoms with van der Waals surface area (Å²) in [5.41, 5.74) is 6.59. The zero-order valence-corrected chi connectivity index (χ0v) is 15.0. The van der Waals surface area contributed by atoms with Gasteiger partial charge in [0, 0.05) is 25.4 Å². The van der Waals surface area contributed by atoms with Crippen molar-refractivity contribution in [3.8, 4) is 0 Å². The number of para-hydroxylation sites is 2. The van der Waals surface area contributed by atoms with Crippen LogP contribution in [0.5, 0.6) is 0 Å². The van der Waals surface area contributed by atoms with E-state index < -0.39 is 0 Å². The van der Waals surface area contributed by atoms with E-state index in [1.807, 2.05) is 24.3 Å². The Kier molecular flexibility index (Phi) is 4.28. The average molecular weight is 339 g/mol. The van der Waals surface area contributed by atoms with Crippen LogP contribution < -0.4 is 4.90 Å². The van der Waals surface area contributed by atoms with Gasteiger partial charge < -0.3 is 9.88 Å². The first-order chi connectivity index (χ1) is 12.7. The van der Waals surface area contributed by atoms with Crippen LogP contribution in [0.2, 0.25) is 0 Å². The number of nitrogens with zero attached hydrogens (tertiary/aromatic N) is 2. The van der Waals surface area contributed by atoms with Gasteiger partial charge in [-0.15, -0.1) is 0 Å². The Morgan fingerprint density at radius 1 is 0.846 bits per heavy atom. The van der Waals surface area contributed by atoms with Gasteiger partial charge in [-0.05, 0) is 41.5 Å². The number of hydrogen-bond donors (Lipinski definition) is 1. The first kappa shape index (κ1) is 16.2. The van der Waals surface area contributed by atoms with Gasteiger partial charge in [0.2, 0.25) is 0 Å². The predicted molar refractivity (Wildman–Crippen MR) is 110 cm³/mol. The summed E-state index contributed by atoms with van der Waals surface area (Å²) in [6.07, 6.45) is 2.19. The fourth-order valence-electron chi connectivity index (χ4n) is 3.02. The summed E-state index contributed by atoms with van der Waals surface area (Å²) in [7, 11) is 4.10. The number of aromatic nitrogens is 2. The molecule has 4 aromatic rings. The van der Waals surface area contributed by atoms with Crippen molar-refractivity contribution < 1.29 is 0 Å². The number of aromatic amines is 1. The van der Waals surface area contributed by atoms with Crippen LogP contribution in [0.4, 0.5) is 5.69 Å². The molecular weight excluding hydrogens is 318 g/mol. The minimum atomic E-state index is 0.883. The molecule has 0 radical (unpaired) electrons. The first-order valence-electron chi connectivity index (χ1n) is 8.70. The fourth-order valence-corrected chi connectivity index (χ4v) is 3.02. The standard InChI is InChI=1S/C23H21N3/c1-26(2)19-14-12-17(13-15-19)16-20(18-8-4-3-5-9-18)23-24-21-10-6-7-11-22(21)25-23/h3-16H,1-2H3,(H,24,25)/b20-16-. The average Bonchev–Trinajstić information content (AvgIpc) is 3.11. The molecular formula is C23H21N3. The minimum Gasteiger partial charge on any atom is -0.378 e. The van der Waals surface area contributed by atoms with E-state index in [-0.39, 0.29) is 0 Å². The summed E-state index contributed by atoms with van der Waals surface area (Å²) in [4.78, 5) is 10.4. The van der Waals surface area contributed by atoms with E-state index >= 15 is 0 Å². The van der Waals surface area contributed by atoms with Crippen molar-refractivity contribution in [3.63, 3.8) is 0 Å². The zero-order valence-electron chi connectivity index (χ0n) is 15.0. The molecule has 1 heterocycles. The van der Waals surface area contributed by atoms with Crippen LogP contribution >= 0.6 is 0 Å². The molecule has 0 aliphatic heterocycles. The predicted octanol–water partition coefficient (Wildman–Crippen LogP) is 5.22. The third-order valence-corrected chi connectivity index (χ3v) is 4.45. The van der Waals surface area contributed by atoms with Crippen LogP contribution in [0.25, 0.3) is 22.7 Å². The normalized spacial score (nSPS) is 11.7. The molecule has 0 aliphatic carbocycles. The fraction of sp³-hybridized carbons (Fsp3) is 0.0870. The highest BCUT2D eigenvalue weighted by atomic mass is 15.1. The molecule has 0 saturated carbocycles. The van der Waals surface area contributed by atoms with E-state index in [1.165, 1.54) is 5.69 Å². The molecule has 0 fully saturated rings. The lowest BCUT2D eigenvalue weighted by molar-refractivity contribution is 1.13. The SMILES string of the molecule is CN(C)c1ccc(/C=C(/c2ccccc2)c2nc3ccccc3[nH]2)cc1. The van der Waals surface area contributed by atoms with Gasteiger partial charge in [0.15, 0.2) is 0 Å². The molecule has 0 unspecified atom stereocenters. The molecule has 1 aromatic heterocycles. The van der Waals surface area contributed by atoms with Crippen molar-refractivity contribution in [1.82, 2.24) is 9.97 Å². The van der Waals surface area contributed by atoms with Gasteiger partial charge in [-0.3, -0.25) is 0 Å². The molecule has 0 amide bonds. The molecule has 4 rings (SSSR count). The van der Waals surface area contributed by atoms with Gasteiger partial charge in [0.05, 0.1) is 11.0 Å². The van der Waals surface area contributed by atoms with E-state index in [4.69, 9.17) is 4.98 Å². The molecule has 26 heavy (non-hydrogen) atoms. The molecule has 0 atom stereocenters. The number of benzene rings is 3. The second-order valence-electron chi connectivity index (χ2n) is 6.51. The van der Waals surface area contributed by atoms with Crippen molar-refractivity contribution in [2.75, 3.05) is 19.0 Å². The maximum absolute atomic E-state index is 4.80. The number of imidazole rings is 1. The van der Waals surface area contributed by atoms with Gasteiger partial charge in [-0.1, -0.05) is 54.6 Å². The second kappa shape index (κ2) is 6.89. The summed E-state index contributed by atoms with van der Waals surface area (Å²) in [6, 6.07) is 27.1. The van der Waals surface area contributed by atoms with Crippen molar-refractivity contribution in [3.05, 3.63) is 95.8 Å². The third-order valence-electron chi connectivity index (χ3n) is 4.45. The van der Waals surface area contributed by atoms with Gasteiger partial charge in [0.25, 0.3) is 0 Å². The molecule has 0 aliphatic rings. The van der Waals surface area contributed by atoms with Crippen molar-refractivity contribution in [2.24, 2.45) is 0 Å². The summed E-state index contributed by atoms with van der Waals surface area (Å²) in [5, 5.41) is 0. The lowest BCUT2D eigenvalue weighted by Crippen LogP contribution is -2.07. The molecule has 0 bridgehead atoms. The molecule has 3 heteroatoms. The minimum absolute atomic E-state index is 0.883. The van der Waals surface area contributed by atoms with E-state index in [2.05, 4.69) is 84.7 Å². The molecule has 1 N–H and O–H groups in total. The number of rotatable bonds is 4. The Balaban J connectivity index is 1.83. The molecule has 128 valence electrons. The van der Waals surface area contributed by atoms with Crippen LogP contribution in [0.3, 0.4) is 0 Å². The Bertz CT molecular complexity index is 1010. The number of hydrogen-bond acceptors (Lipinski definition) is 2. The first-order valence-corrected chi connectivity index (χ1v) is 8.70. The van der Waals surface area contributed by atoms with Crippen LogP contribution in [-0.4, -0.2) is 24.1 Å². The summed E-state index contributed by atoms with van der Waals surface area (Å²) >= 11 is 0. The smallest absolute Gasteiger partial charge is 0.139 e. The lowest BCUT2D eigenvalue weighted by atomic mass is 10.0. The van der Waals surface area contributed by atoms with E-state index in [0.29, 0.717) is 0 Å². The largest absolute Gasteiger partial charge is 0.378 e. The monoisotopic (exact) mass is 339 g/mol. The highest BCUT2D eigenvalue weighted by Gasteiger charge is 2.10. The highest BCUT2D eigenvalue weighted by Crippen LogP contribution is 2.26. The second-order valence-corrected chi connectivity index (χ2v) is 6.51. The Labute approximate surface area is 153 Å². The van der Waals surface area contributed by atoms with E-state index in [0.717, 1.165) is 33.6 Å². The molecule has 3 aromatic carbocycles. The summed E-state index contributed by atoms with van der Waals surface area (Å²) in [5.74, 6) is 0.883. The third kappa shape index (κ3) is 3.24. The maximum Gasteiger partial charge on any atom is 0.139 e. The van der Waals surface area contributed by atoms with Gasteiger partial charge in [-0.2, -0.15) is 0 Å². The Hall–Kier alpha value is -3.33. The van der Waals surface area contributed by atoms with Gasteiger partial charge in [0.1, 0.15) is 5.82 Å².